The van der Waals surface area contributed by atoms with Crippen molar-refractivity contribution >= 4 is 35.1 Å². The minimum Gasteiger partial charge on any atom is -0.495 e. The van der Waals surface area contributed by atoms with Gasteiger partial charge in [0.05, 0.1) is 24.6 Å². The molecule has 2 bridgehead atoms. The lowest BCUT2D eigenvalue weighted by molar-refractivity contribution is -0.157. The number of hydrogen-bond acceptors (Lipinski definition) is 6. The van der Waals surface area contributed by atoms with E-state index in [0.717, 1.165) is 6.42 Å². The average Bonchev–Trinajstić information content (AvgIpc) is 3.22. The van der Waals surface area contributed by atoms with Crippen molar-refractivity contribution in [3.8, 4) is 5.75 Å². The summed E-state index contributed by atoms with van der Waals surface area (Å²) >= 11 is 5.92. The van der Waals surface area contributed by atoms with E-state index >= 15 is 0 Å². The molecule has 4 rings (SSSR count). The van der Waals surface area contributed by atoms with Crippen LogP contribution in [0.1, 0.15) is 12.8 Å². The third-order valence-corrected chi connectivity index (χ3v) is 5.77. The van der Waals surface area contributed by atoms with Gasteiger partial charge in [-0.05, 0) is 37.0 Å². The lowest BCUT2D eigenvalue weighted by atomic mass is 9.80. The van der Waals surface area contributed by atoms with Gasteiger partial charge in [0, 0.05) is 10.9 Å². The number of halogens is 1. The normalized spacial score (nSPS) is 30.8. The number of nitrogens with one attached hydrogen (secondary N) is 1. The Morgan fingerprint density at radius 2 is 2.15 bits per heavy atom. The van der Waals surface area contributed by atoms with Gasteiger partial charge in [-0.15, -0.1) is 0 Å². The van der Waals surface area contributed by atoms with Gasteiger partial charge in [-0.1, -0.05) is 11.6 Å². The third-order valence-electron chi connectivity index (χ3n) is 5.54. The lowest BCUT2D eigenvalue weighted by Gasteiger charge is -2.22. The van der Waals surface area contributed by atoms with Crippen molar-refractivity contribution in [1.82, 2.24) is 0 Å². The van der Waals surface area contributed by atoms with E-state index in [-0.39, 0.29) is 23.9 Å². The standard InChI is InChI=1S/C18H18ClNO6/c1-24-12-3-2-9(19)6-11(12)20-14(21)7-25-17(22)15-8-4-10-13(5-8)26-18(23)16(10)15/h2-3,6,8,10,13,15-16H,4-5,7H2,1H3,(H,20,21)/t8-,10+,13+,15-,16-/m1/s1. The van der Waals surface area contributed by atoms with Crippen LogP contribution in [0.15, 0.2) is 18.2 Å². The van der Waals surface area contributed by atoms with Crippen LogP contribution in [0.5, 0.6) is 5.75 Å². The van der Waals surface area contributed by atoms with E-state index in [2.05, 4.69) is 5.32 Å². The topological polar surface area (TPSA) is 90.9 Å². The number of esters is 2. The molecule has 8 heteroatoms. The molecule has 1 heterocycles. The Morgan fingerprint density at radius 1 is 1.35 bits per heavy atom. The summed E-state index contributed by atoms with van der Waals surface area (Å²) in [5.41, 5.74) is 0.392. The molecule has 3 fully saturated rings. The molecule has 1 saturated heterocycles. The summed E-state index contributed by atoms with van der Waals surface area (Å²) in [7, 11) is 1.47. The van der Waals surface area contributed by atoms with Crippen LogP contribution in [-0.4, -0.2) is 37.7 Å². The SMILES string of the molecule is COc1ccc(Cl)cc1NC(=O)COC(=O)[C@@H]1[C@@H]2C[C@@H]3[C@H]1C(=O)O[C@H]3C2. The van der Waals surface area contributed by atoms with Gasteiger partial charge in [0.25, 0.3) is 5.91 Å². The summed E-state index contributed by atoms with van der Waals surface area (Å²) in [5, 5.41) is 3.05. The van der Waals surface area contributed by atoms with Gasteiger partial charge in [-0.25, -0.2) is 0 Å². The van der Waals surface area contributed by atoms with Crippen LogP contribution in [-0.2, 0) is 23.9 Å². The Hall–Kier alpha value is -2.28. The first-order valence-corrected chi connectivity index (χ1v) is 8.86. The zero-order valence-electron chi connectivity index (χ0n) is 14.1. The van der Waals surface area contributed by atoms with Crippen molar-refractivity contribution in [3.05, 3.63) is 23.2 Å². The summed E-state index contributed by atoms with van der Waals surface area (Å²) < 4.78 is 15.6. The van der Waals surface area contributed by atoms with E-state index in [1.807, 2.05) is 0 Å². The van der Waals surface area contributed by atoms with Crippen molar-refractivity contribution in [2.45, 2.75) is 18.9 Å². The largest absolute Gasteiger partial charge is 0.495 e. The molecule has 26 heavy (non-hydrogen) atoms. The molecule has 1 N–H and O–H groups in total. The predicted molar refractivity (Wildman–Crippen MR) is 90.7 cm³/mol. The van der Waals surface area contributed by atoms with Gasteiger partial charge < -0.3 is 19.5 Å². The van der Waals surface area contributed by atoms with Crippen LogP contribution in [0.3, 0.4) is 0 Å². The Kier molecular flexibility index (Phi) is 4.26. The first kappa shape index (κ1) is 17.1. The summed E-state index contributed by atoms with van der Waals surface area (Å²) in [5.74, 6) is -1.57. The maximum atomic E-state index is 12.4. The molecule has 138 valence electrons. The number of fused-ring (bicyclic) bond motifs is 1. The summed E-state index contributed by atoms with van der Waals surface area (Å²) in [6.45, 7) is -0.437. The molecule has 5 atom stereocenters. The van der Waals surface area contributed by atoms with Crippen molar-refractivity contribution in [2.75, 3.05) is 19.0 Å². The van der Waals surface area contributed by atoms with Gasteiger partial charge >= 0.3 is 11.9 Å². The molecule has 1 amide bonds. The van der Waals surface area contributed by atoms with E-state index in [0.29, 0.717) is 22.9 Å². The molecule has 7 nitrogen and oxygen atoms in total. The second-order valence-corrected chi connectivity index (χ2v) is 7.36. The number of methoxy groups -OCH3 is 1. The smallest absolute Gasteiger partial charge is 0.310 e. The minimum absolute atomic E-state index is 0.0415. The molecule has 3 aliphatic rings. The van der Waals surface area contributed by atoms with E-state index in [1.165, 1.54) is 7.11 Å². The molecule has 1 aromatic carbocycles. The number of amides is 1. The number of carbonyl (C=O) groups excluding carboxylic acids is 3. The molecule has 0 radical (unpaired) electrons. The molecule has 0 spiro atoms. The summed E-state index contributed by atoms with van der Waals surface area (Å²) in [6, 6.07) is 4.81. The predicted octanol–water partition coefficient (Wildman–Crippen LogP) is 2.03. The van der Waals surface area contributed by atoms with Crippen molar-refractivity contribution < 1.29 is 28.6 Å². The fourth-order valence-electron chi connectivity index (χ4n) is 4.52. The van der Waals surface area contributed by atoms with Crippen LogP contribution in [0.4, 0.5) is 5.69 Å². The van der Waals surface area contributed by atoms with Crippen LogP contribution in [0.2, 0.25) is 5.02 Å². The van der Waals surface area contributed by atoms with E-state index in [9.17, 15) is 14.4 Å². The zero-order valence-corrected chi connectivity index (χ0v) is 14.8. The highest BCUT2D eigenvalue weighted by Gasteiger charge is 2.64. The third kappa shape index (κ3) is 2.80. The quantitative estimate of drug-likeness (QED) is 0.787. The number of anilines is 1. The molecule has 1 aliphatic heterocycles. The maximum absolute atomic E-state index is 12.4. The minimum atomic E-state index is -0.506. The molecule has 2 saturated carbocycles. The van der Waals surface area contributed by atoms with Crippen LogP contribution in [0.25, 0.3) is 0 Å². The van der Waals surface area contributed by atoms with Gasteiger partial charge in [-0.2, -0.15) is 0 Å². The zero-order chi connectivity index (χ0) is 18.4. The molecule has 2 aliphatic carbocycles. The molecule has 1 aromatic rings. The van der Waals surface area contributed by atoms with E-state index < -0.39 is 30.3 Å². The first-order chi connectivity index (χ1) is 12.5. The number of benzene rings is 1. The Bertz CT molecular complexity index is 779. The van der Waals surface area contributed by atoms with Gasteiger partial charge in [-0.3, -0.25) is 14.4 Å². The number of rotatable bonds is 5. The van der Waals surface area contributed by atoms with Crippen LogP contribution in [0, 0.1) is 23.7 Å². The van der Waals surface area contributed by atoms with Crippen LogP contribution >= 0.6 is 11.6 Å². The van der Waals surface area contributed by atoms with E-state index in [1.54, 1.807) is 18.2 Å². The molecule has 0 unspecified atom stereocenters. The molecular weight excluding hydrogens is 362 g/mol. The summed E-state index contributed by atoms with van der Waals surface area (Å²) in [4.78, 5) is 36.5. The second-order valence-electron chi connectivity index (χ2n) is 6.92. The fraction of sp³-hybridized carbons (Fsp3) is 0.500. The highest BCUT2D eigenvalue weighted by Crippen LogP contribution is 2.57. The van der Waals surface area contributed by atoms with Gasteiger partial charge in [0.15, 0.2) is 6.61 Å². The van der Waals surface area contributed by atoms with Crippen molar-refractivity contribution in [2.24, 2.45) is 23.7 Å². The van der Waals surface area contributed by atoms with Crippen molar-refractivity contribution in [3.63, 3.8) is 0 Å². The highest BCUT2D eigenvalue weighted by atomic mass is 35.5. The van der Waals surface area contributed by atoms with E-state index in [4.69, 9.17) is 25.8 Å². The van der Waals surface area contributed by atoms with Gasteiger partial charge in [0.1, 0.15) is 11.9 Å². The fourth-order valence-corrected chi connectivity index (χ4v) is 4.69. The maximum Gasteiger partial charge on any atom is 0.310 e. The Morgan fingerprint density at radius 3 is 2.92 bits per heavy atom. The molecule has 0 aromatic heterocycles. The lowest BCUT2D eigenvalue weighted by Crippen LogP contribution is -2.35. The number of ether oxygens (including phenoxy) is 3. The van der Waals surface area contributed by atoms with Crippen LogP contribution < -0.4 is 10.1 Å². The molecular formula is C18H18ClNO6. The second kappa shape index (κ2) is 6.46. The number of hydrogen-bond donors (Lipinski definition) is 1. The Balaban J connectivity index is 1.36. The highest BCUT2D eigenvalue weighted by molar-refractivity contribution is 6.31. The number of carbonyl (C=O) groups is 3. The van der Waals surface area contributed by atoms with Crippen molar-refractivity contribution in [1.29, 1.82) is 0 Å². The summed E-state index contributed by atoms with van der Waals surface area (Å²) in [6.07, 6.45) is 1.48. The monoisotopic (exact) mass is 379 g/mol. The van der Waals surface area contributed by atoms with Gasteiger partial charge in [0.2, 0.25) is 0 Å². The average molecular weight is 380 g/mol. The first-order valence-electron chi connectivity index (χ1n) is 8.48. The Labute approximate surface area is 154 Å².